The lowest BCUT2D eigenvalue weighted by Crippen LogP contribution is -2.39. The molecule has 1 unspecified atom stereocenters. The summed E-state index contributed by atoms with van der Waals surface area (Å²) in [5.74, 6) is -3.39. The Morgan fingerprint density at radius 3 is 2.15 bits per heavy atom. The minimum atomic E-state index is -0.942. The molecule has 0 spiro atoms. The van der Waals surface area contributed by atoms with Crippen molar-refractivity contribution in [3.8, 4) is 6.07 Å². The van der Waals surface area contributed by atoms with Crippen molar-refractivity contribution in [3.63, 3.8) is 0 Å². The maximum Gasteiger partial charge on any atom is 0.132 e. The van der Waals surface area contributed by atoms with Gasteiger partial charge in [0.1, 0.15) is 17.5 Å². The first-order chi connectivity index (χ1) is 9.00. The summed E-state index contributed by atoms with van der Waals surface area (Å²) in [5, 5.41) is 12.5. The molecule has 20 heavy (non-hydrogen) atoms. The number of nitriles is 1. The molecule has 0 radical (unpaired) electrons. The largest absolute Gasteiger partial charge is 0.317 e. The number of halogens is 4. The Bertz CT molecular complexity index is 499. The fraction of sp³-hybridized carbons (Fsp3) is 0.500. The average molecular weight is 305 g/mol. The van der Waals surface area contributed by atoms with Crippen molar-refractivity contribution in [1.29, 1.82) is 5.26 Å². The summed E-state index contributed by atoms with van der Waals surface area (Å²) in [5.41, 5.74) is -0.991. The van der Waals surface area contributed by atoms with Crippen LogP contribution in [0, 0.1) is 34.2 Å². The number of piperidine rings is 1. The molecule has 0 amide bonds. The normalized spacial score (nSPS) is 18.8. The van der Waals surface area contributed by atoms with Crippen molar-refractivity contribution < 1.29 is 13.2 Å². The molecule has 1 fully saturated rings. The highest BCUT2D eigenvalue weighted by atomic mass is 35.5. The summed E-state index contributed by atoms with van der Waals surface area (Å²) in [6.45, 7) is 2.92. The molecule has 1 saturated heterocycles. The minimum Gasteiger partial charge on any atom is -0.317 e. The highest BCUT2D eigenvalue weighted by molar-refractivity contribution is 5.85. The maximum atomic E-state index is 13.8. The Labute approximate surface area is 122 Å². The van der Waals surface area contributed by atoms with Crippen molar-refractivity contribution in [2.45, 2.75) is 25.7 Å². The molecule has 1 N–H and O–H groups in total. The van der Waals surface area contributed by atoms with E-state index in [1.165, 1.54) is 0 Å². The molecule has 1 aliphatic heterocycles. The smallest absolute Gasteiger partial charge is 0.132 e. The molecule has 1 aromatic carbocycles. The SMILES string of the molecule is CC(c1c(F)cc(F)cc1F)C1(C#N)CCNCC1.Cl. The Morgan fingerprint density at radius 2 is 1.70 bits per heavy atom. The summed E-state index contributed by atoms with van der Waals surface area (Å²) in [7, 11) is 0. The van der Waals surface area contributed by atoms with E-state index in [9.17, 15) is 18.4 Å². The molecule has 0 bridgehead atoms. The van der Waals surface area contributed by atoms with Crippen molar-refractivity contribution in [1.82, 2.24) is 5.32 Å². The van der Waals surface area contributed by atoms with Crippen LogP contribution in [-0.2, 0) is 0 Å². The molecule has 1 heterocycles. The molecule has 2 nitrogen and oxygen atoms in total. The molecule has 2 rings (SSSR count). The lowest BCUT2D eigenvalue weighted by molar-refractivity contribution is 0.231. The van der Waals surface area contributed by atoms with Gasteiger partial charge in [-0.15, -0.1) is 12.4 Å². The van der Waals surface area contributed by atoms with Crippen LogP contribution in [0.1, 0.15) is 31.2 Å². The van der Waals surface area contributed by atoms with Gasteiger partial charge in [-0.25, -0.2) is 13.2 Å². The summed E-state index contributed by atoms with van der Waals surface area (Å²) in [6.07, 6.45) is 1.06. The van der Waals surface area contributed by atoms with Crippen molar-refractivity contribution in [2.75, 3.05) is 13.1 Å². The number of hydrogen-bond donors (Lipinski definition) is 1. The van der Waals surface area contributed by atoms with Gasteiger partial charge in [-0.05, 0) is 25.9 Å². The van der Waals surface area contributed by atoms with E-state index in [4.69, 9.17) is 0 Å². The zero-order valence-corrected chi connectivity index (χ0v) is 11.9. The second-order valence-corrected chi connectivity index (χ2v) is 5.02. The average Bonchev–Trinajstić information content (AvgIpc) is 2.38. The van der Waals surface area contributed by atoms with Crippen LogP contribution in [0.3, 0.4) is 0 Å². The number of nitrogens with one attached hydrogen (secondary N) is 1. The third-order valence-corrected chi connectivity index (χ3v) is 4.02. The van der Waals surface area contributed by atoms with E-state index in [0.29, 0.717) is 38.1 Å². The van der Waals surface area contributed by atoms with Crippen LogP contribution in [0.4, 0.5) is 13.2 Å². The Kier molecular flexibility index (Phi) is 5.43. The topological polar surface area (TPSA) is 35.8 Å². The van der Waals surface area contributed by atoms with Gasteiger partial charge in [0.05, 0.1) is 11.5 Å². The molecular formula is C14H16ClF3N2. The standard InChI is InChI=1S/C14H15F3N2.ClH/c1-9(14(8-18)2-4-19-5-3-14)13-11(16)6-10(15)7-12(13)17;/h6-7,9,19H,2-5H2,1H3;1H. The Balaban J connectivity index is 0.00000200. The van der Waals surface area contributed by atoms with Crippen molar-refractivity contribution >= 4 is 12.4 Å². The van der Waals surface area contributed by atoms with Gasteiger partial charge in [-0.3, -0.25) is 0 Å². The van der Waals surface area contributed by atoms with E-state index in [1.807, 2.05) is 0 Å². The van der Waals surface area contributed by atoms with Gasteiger partial charge in [0.25, 0.3) is 0 Å². The highest BCUT2D eigenvalue weighted by Crippen LogP contribution is 2.44. The van der Waals surface area contributed by atoms with Crippen LogP contribution in [0.2, 0.25) is 0 Å². The third kappa shape index (κ3) is 2.92. The van der Waals surface area contributed by atoms with Gasteiger partial charge < -0.3 is 5.32 Å². The molecule has 1 atom stereocenters. The van der Waals surface area contributed by atoms with Crippen LogP contribution in [0.25, 0.3) is 0 Å². The molecule has 110 valence electrons. The molecular weight excluding hydrogens is 289 g/mol. The molecule has 0 aromatic heterocycles. The number of rotatable bonds is 2. The van der Waals surface area contributed by atoms with Crippen LogP contribution in [0.5, 0.6) is 0 Å². The van der Waals surface area contributed by atoms with Crippen molar-refractivity contribution in [2.24, 2.45) is 5.41 Å². The summed E-state index contributed by atoms with van der Waals surface area (Å²) < 4.78 is 40.6. The maximum absolute atomic E-state index is 13.8. The Morgan fingerprint density at radius 1 is 1.20 bits per heavy atom. The van der Waals surface area contributed by atoms with E-state index in [2.05, 4.69) is 11.4 Å². The second-order valence-electron chi connectivity index (χ2n) is 5.02. The molecule has 0 saturated carbocycles. The Hall–Kier alpha value is -1.25. The van der Waals surface area contributed by atoms with E-state index >= 15 is 0 Å². The fourth-order valence-corrected chi connectivity index (χ4v) is 2.76. The number of benzene rings is 1. The molecule has 0 aliphatic carbocycles. The molecule has 1 aliphatic rings. The van der Waals surface area contributed by atoms with Crippen LogP contribution in [-0.4, -0.2) is 13.1 Å². The lowest BCUT2D eigenvalue weighted by Gasteiger charge is -2.37. The van der Waals surface area contributed by atoms with E-state index in [1.54, 1.807) is 6.92 Å². The molecule has 1 aromatic rings. The predicted octanol–water partition coefficient (Wildman–Crippen LogP) is 3.52. The first-order valence-electron chi connectivity index (χ1n) is 6.26. The van der Waals surface area contributed by atoms with Gasteiger partial charge >= 0.3 is 0 Å². The number of nitrogens with zero attached hydrogens (tertiary/aromatic N) is 1. The monoisotopic (exact) mass is 304 g/mol. The lowest BCUT2D eigenvalue weighted by atomic mass is 9.68. The van der Waals surface area contributed by atoms with Gasteiger partial charge in [0, 0.05) is 23.6 Å². The van der Waals surface area contributed by atoms with Crippen molar-refractivity contribution in [3.05, 3.63) is 35.1 Å². The van der Waals surface area contributed by atoms with Gasteiger partial charge in [0.15, 0.2) is 0 Å². The third-order valence-electron chi connectivity index (χ3n) is 4.02. The fourth-order valence-electron chi connectivity index (χ4n) is 2.76. The molecule has 6 heteroatoms. The highest BCUT2D eigenvalue weighted by Gasteiger charge is 2.40. The van der Waals surface area contributed by atoms with E-state index in [0.717, 1.165) is 0 Å². The quantitative estimate of drug-likeness (QED) is 0.907. The van der Waals surface area contributed by atoms with Crippen LogP contribution >= 0.6 is 12.4 Å². The number of hydrogen-bond acceptors (Lipinski definition) is 2. The summed E-state index contributed by atoms with van der Waals surface area (Å²) >= 11 is 0. The first kappa shape index (κ1) is 16.8. The second kappa shape index (κ2) is 6.47. The first-order valence-corrected chi connectivity index (χ1v) is 6.26. The predicted molar refractivity (Wildman–Crippen MR) is 72.1 cm³/mol. The summed E-state index contributed by atoms with van der Waals surface area (Å²) in [6, 6.07) is 3.55. The van der Waals surface area contributed by atoms with E-state index < -0.39 is 28.8 Å². The van der Waals surface area contributed by atoms with Gasteiger partial charge in [-0.2, -0.15) is 5.26 Å². The minimum absolute atomic E-state index is 0. The van der Waals surface area contributed by atoms with Crippen LogP contribution < -0.4 is 5.32 Å². The van der Waals surface area contributed by atoms with E-state index in [-0.39, 0.29) is 18.0 Å². The van der Waals surface area contributed by atoms with Crippen LogP contribution in [0.15, 0.2) is 12.1 Å². The summed E-state index contributed by atoms with van der Waals surface area (Å²) in [4.78, 5) is 0. The van der Waals surface area contributed by atoms with Gasteiger partial charge in [-0.1, -0.05) is 6.92 Å². The van der Waals surface area contributed by atoms with Gasteiger partial charge in [0.2, 0.25) is 0 Å². The zero-order chi connectivity index (χ0) is 14.0. The zero-order valence-electron chi connectivity index (χ0n) is 11.0.